The van der Waals surface area contributed by atoms with Crippen LogP contribution in [0.2, 0.25) is 0 Å². The molecule has 6 heteroatoms. The summed E-state index contributed by atoms with van der Waals surface area (Å²) < 4.78 is 10.1. The van der Waals surface area contributed by atoms with Gasteiger partial charge in [-0.25, -0.2) is 14.8 Å². The van der Waals surface area contributed by atoms with Crippen molar-refractivity contribution in [2.75, 3.05) is 13.7 Å². The largest absolute Gasteiger partial charge is 0.504 e. The number of hydrogen-bond donors (Lipinski definition) is 1. The smallest absolute Gasteiger partial charge is 0.338 e. The number of fused-ring (bicyclic) bond motifs is 1. The van der Waals surface area contributed by atoms with Crippen molar-refractivity contribution in [1.29, 1.82) is 0 Å². The van der Waals surface area contributed by atoms with Gasteiger partial charge in [-0.1, -0.05) is 12.1 Å². The molecule has 0 bridgehead atoms. The molecule has 0 spiro atoms. The van der Waals surface area contributed by atoms with Crippen LogP contribution in [0.1, 0.15) is 17.3 Å². The van der Waals surface area contributed by atoms with Crippen LogP contribution < -0.4 is 4.74 Å². The van der Waals surface area contributed by atoms with Gasteiger partial charge in [-0.3, -0.25) is 0 Å². The Balaban J connectivity index is 2.07. The molecule has 1 N–H and O–H groups in total. The molecule has 1 heterocycles. The molecule has 0 aliphatic rings. The summed E-state index contributed by atoms with van der Waals surface area (Å²) in [5, 5.41) is 10.6. The van der Waals surface area contributed by atoms with Gasteiger partial charge in [0.05, 0.1) is 30.5 Å². The van der Waals surface area contributed by atoms with Crippen molar-refractivity contribution in [3.8, 4) is 22.8 Å². The van der Waals surface area contributed by atoms with E-state index < -0.39 is 0 Å². The number of hydrogen-bond acceptors (Lipinski definition) is 6. The summed E-state index contributed by atoms with van der Waals surface area (Å²) in [6, 6.07) is 10.2. The first-order chi connectivity index (χ1) is 11.6. The minimum absolute atomic E-state index is 0.0207. The molecule has 0 saturated carbocycles. The fourth-order valence-corrected chi connectivity index (χ4v) is 2.44. The van der Waals surface area contributed by atoms with Crippen molar-refractivity contribution < 1.29 is 19.4 Å². The summed E-state index contributed by atoms with van der Waals surface area (Å²) in [5.74, 6) is 0.0113. The molecule has 1 aromatic heterocycles. The number of methoxy groups -OCH3 is 1. The lowest BCUT2D eigenvalue weighted by Crippen LogP contribution is -2.04. The summed E-state index contributed by atoms with van der Waals surface area (Å²) in [5.41, 5.74) is 2.60. The predicted molar refractivity (Wildman–Crippen MR) is 89.1 cm³/mol. The highest BCUT2D eigenvalue weighted by Crippen LogP contribution is 2.34. The van der Waals surface area contributed by atoms with Gasteiger partial charge in [0.25, 0.3) is 0 Å². The number of aromatic hydroxyl groups is 1. The van der Waals surface area contributed by atoms with Gasteiger partial charge >= 0.3 is 5.97 Å². The van der Waals surface area contributed by atoms with Crippen LogP contribution in [-0.4, -0.2) is 34.8 Å². The number of esters is 1. The predicted octanol–water partition coefficient (Wildman–Crippen LogP) is 3.19. The van der Waals surface area contributed by atoms with Crippen LogP contribution in [-0.2, 0) is 4.74 Å². The van der Waals surface area contributed by atoms with Gasteiger partial charge in [-0.05, 0) is 25.1 Å². The molecule has 0 atom stereocenters. The second-order valence-corrected chi connectivity index (χ2v) is 5.06. The maximum Gasteiger partial charge on any atom is 0.338 e. The molecule has 2 aromatic carbocycles. The molecule has 0 fully saturated rings. The van der Waals surface area contributed by atoms with Crippen LogP contribution >= 0.6 is 0 Å². The minimum atomic E-state index is -0.358. The van der Waals surface area contributed by atoms with Crippen molar-refractivity contribution in [1.82, 2.24) is 9.97 Å². The van der Waals surface area contributed by atoms with Crippen molar-refractivity contribution in [2.45, 2.75) is 6.92 Å². The van der Waals surface area contributed by atoms with Crippen molar-refractivity contribution >= 4 is 16.9 Å². The van der Waals surface area contributed by atoms with Crippen molar-refractivity contribution in [3.05, 3.63) is 48.3 Å². The zero-order chi connectivity index (χ0) is 17.1. The Morgan fingerprint density at radius 2 is 1.92 bits per heavy atom. The Hall–Kier alpha value is -3.15. The van der Waals surface area contributed by atoms with Gasteiger partial charge in [-0.2, -0.15) is 0 Å². The molecule has 24 heavy (non-hydrogen) atoms. The normalized spacial score (nSPS) is 10.6. The van der Waals surface area contributed by atoms with Gasteiger partial charge < -0.3 is 14.6 Å². The molecule has 0 radical (unpaired) electrons. The maximum absolute atomic E-state index is 11.7. The van der Waals surface area contributed by atoms with Gasteiger partial charge in [0, 0.05) is 17.0 Å². The average Bonchev–Trinajstić information content (AvgIpc) is 2.61. The Bertz CT molecular complexity index is 891. The topological polar surface area (TPSA) is 81.5 Å². The highest BCUT2D eigenvalue weighted by atomic mass is 16.5. The molecule has 122 valence electrons. The number of ether oxygens (including phenoxy) is 2. The lowest BCUT2D eigenvalue weighted by atomic mass is 10.0. The van der Waals surface area contributed by atoms with Crippen molar-refractivity contribution in [3.63, 3.8) is 0 Å². The van der Waals surface area contributed by atoms with Gasteiger partial charge in [0.15, 0.2) is 11.5 Å². The van der Waals surface area contributed by atoms with E-state index in [-0.39, 0.29) is 11.7 Å². The van der Waals surface area contributed by atoms with E-state index in [0.29, 0.717) is 29.1 Å². The van der Waals surface area contributed by atoms with Gasteiger partial charge in [-0.15, -0.1) is 0 Å². The second kappa shape index (κ2) is 6.54. The highest BCUT2D eigenvalue weighted by molar-refractivity contribution is 5.95. The summed E-state index contributed by atoms with van der Waals surface area (Å²) >= 11 is 0. The summed E-state index contributed by atoms with van der Waals surface area (Å²) in [6.45, 7) is 2.10. The monoisotopic (exact) mass is 324 g/mol. The van der Waals surface area contributed by atoms with Gasteiger partial charge in [0.1, 0.15) is 6.33 Å². The standard InChI is InChI=1S/C18H16N2O4/c1-3-24-18(22)12-6-4-11(5-7-12)17-13-8-16(23-2)15(21)9-14(13)19-10-20-17/h4-10,21H,3H2,1-2H3. The van der Waals surface area contributed by atoms with Crippen LogP contribution in [0.3, 0.4) is 0 Å². The molecule has 6 nitrogen and oxygen atoms in total. The SMILES string of the molecule is CCOC(=O)c1ccc(-c2ncnc3cc(O)c(OC)cc23)cc1. The fourth-order valence-electron chi connectivity index (χ4n) is 2.44. The zero-order valence-electron chi connectivity index (χ0n) is 13.3. The Kier molecular flexibility index (Phi) is 4.29. The van der Waals surface area contributed by atoms with Crippen LogP contribution in [0, 0.1) is 0 Å². The van der Waals surface area contributed by atoms with Crippen LogP contribution in [0.4, 0.5) is 0 Å². The van der Waals surface area contributed by atoms with Crippen LogP contribution in [0.5, 0.6) is 11.5 Å². The summed E-state index contributed by atoms with van der Waals surface area (Å²) in [7, 11) is 1.48. The van der Waals surface area contributed by atoms with E-state index in [2.05, 4.69) is 9.97 Å². The number of aromatic nitrogens is 2. The number of rotatable bonds is 4. The molecule has 0 amide bonds. The molecule has 0 saturated heterocycles. The number of nitrogens with zero attached hydrogens (tertiary/aromatic N) is 2. The third kappa shape index (κ3) is 2.86. The number of phenols is 1. The number of benzene rings is 2. The molecule has 0 aliphatic carbocycles. The molecule has 0 aliphatic heterocycles. The lowest BCUT2D eigenvalue weighted by Gasteiger charge is -2.09. The third-order valence-corrected chi connectivity index (χ3v) is 3.61. The highest BCUT2D eigenvalue weighted by Gasteiger charge is 2.12. The van der Waals surface area contributed by atoms with E-state index in [4.69, 9.17) is 9.47 Å². The number of carbonyl (C=O) groups excluding carboxylic acids is 1. The first-order valence-corrected chi connectivity index (χ1v) is 7.43. The second-order valence-electron chi connectivity index (χ2n) is 5.06. The fraction of sp³-hybridized carbons (Fsp3) is 0.167. The summed E-state index contributed by atoms with van der Waals surface area (Å²) in [6.07, 6.45) is 1.43. The number of phenolic OH excluding ortho intramolecular Hbond substituents is 1. The molecular formula is C18H16N2O4. The van der Waals surface area contributed by atoms with E-state index in [1.807, 2.05) is 0 Å². The van der Waals surface area contributed by atoms with Crippen molar-refractivity contribution in [2.24, 2.45) is 0 Å². The lowest BCUT2D eigenvalue weighted by molar-refractivity contribution is 0.0526. The quantitative estimate of drug-likeness (QED) is 0.742. The van der Waals surface area contributed by atoms with E-state index in [1.165, 1.54) is 19.5 Å². The maximum atomic E-state index is 11.7. The Morgan fingerprint density at radius 1 is 1.17 bits per heavy atom. The van der Waals surface area contributed by atoms with E-state index in [1.54, 1.807) is 37.3 Å². The molecule has 3 rings (SSSR count). The van der Waals surface area contributed by atoms with Crippen LogP contribution in [0.15, 0.2) is 42.7 Å². The first-order valence-electron chi connectivity index (χ1n) is 7.43. The van der Waals surface area contributed by atoms with Crippen LogP contribution in [0.25, 0.3) is 22.2 Å². The molecule has 0 unspecified atom stereocenters. The zero-order valence-corrected chi connectivity index (χ0v) is 13.3. The third-order valence-electron chi connectivity index (χ3n) is 3.61. The molecule has 3 aromatic rings. The first kappa shape index (κ1) is 15.7. The minimum Gasteiger partial charge on any atom is -0.504 e. The average molecular weight is 324 g/mol. The Morgan fingerprint density at radius 3 is 2.58 bits per heavy atom. The van der Waals surface area contributed by atoms with E-state index in [0.717, 1.165) is 10.9 Å². The van der Waals surface area contributed by atoms with E-state index >= 15 is 0 Å². The number of carbonyl (C=O) groups is 1. The molecular weight excluding hydrogens is 308 g/mol. The summed E-state index contributed by atoms with van der Waals surface area (Å²) in [4.78, 5) is 20.2. The Labute approximate surface area is 138 Å². The van der Waals surface area contributed by atoms with E-state index in [9.17, 15) is 9.90 Å². The van der Waals surface area contributed by atoms with Gasteiger partial charge in [0.2, 0.25) is 0 Å².